The van der Waals surface area contributed by atoms with E-state index in [1.807, 2.05) is 63.2 Å². The number of hydrogen-bond donors (Lipinski definition) is 0. The van der Waals surface area contributed by atoms with Crippen LogP contribution in [0.15, 0.2) is 64.1 Å². The molecule has 2 aromatic rings. The van der Waals surface area contributed by atoms with Gasteiger partial charge >= 0.3 is 5.97 Å². The van der Waals surface area contributed by atoms with Crippen LogP contribution in [0.3, 0.4) is 0 Å². The molecule has 1 aliphatic rings. The normalized spacial score (nSPS) is 20.2. The number of nitrogens with zero attached hydrogens (tertiary/aromatic N) is 1. The van der Waals surface area contributed by atoms with Gasteiger partial charge in [0.2, 0.25) is 0 Å². The maximum absolute atomic E-state index is 12.8. The predicted molar refractivity (Wildman–Crippen MR) is 104 cm³/mol. The molecule has 0 bridgehead atoms. The van der Waals surface area contributed by atoms with Gasteiger partial charge in [-0.05, 0) is 50.5 Å². The molecule has 4 heteroatoms. The van der Waals surface area contributed by atoms with Gasteiger partial charge in [0.15, 0.2) is 6.04 Å². The topological polar surface area (TPSA) is 38.7 Å². The summed E-state index contributed by atoms with van der Waals surface area (Å²) in [7, 11) is 0. The van der Waals surface area contributed by atoms with Crippen molar-refractivity contribution in [2.75, 3.05) is 0 Å². The molecule has 0 fully saturated rings. The molecule has 0 radical (unpaired) electrons. The molecular weight excluding hydrogens is 378 g/mol. The fourth-order valence-corrected chi connectivity index (χ4v) is 3.49. The molecule has 3 nitrogen and oxygen atoms in total. The Kier molecular flexibility index (Phi) is 5.09. The lowest BCUT2D eigenvalue weighted by molar-refractivity contribution is -0.156. The van der Waals surface area contributed by atoms with Gasteiger partial charge in [-0.1, -0.05) is 58.4 Å². The van der Waals surface area contributed by atoms with Gasteiger partial charge in [-0.25, -0.2) is 4.79 Å². The van der Waals surface area contributed by atoms with Crippen molar-refractivity contribution in [3.05, 3.63) is 70.2 Å². The number of carbonyl (C=O) groups excluding carboxylic acids is 1. The van der Waals surface area contributed by atoms with Crippen LogP contribution in [0.5, 0.6) is 0 Å². The molecule has 0 saturated carbocycles. The zero-order valence-corrected chi connectivity index (χ0v) is 16.3. The first-order chi connectivity index (χ1) is 11.8. The third-order valence-corrected chi connectivity index (χ3v) is 4.61. The van der Waals surface area contributed by atoms with Gasteiger partial charge in [0, 0.05) is 16.1 Å². The number of hydrogen-bond acceptors (Lipinski definition) is 3. The highest BCUT2D eigenvalue weighted by Gasteiger charge is 2.38. The van der Waals surface area contributed by atoms with Crippen molar-refractivity contribution in [2.24, 2.45) is 4.99 Å². The molecule has 0 N–H and O–H groups in total. The fourth-order valence-electron chi connectivity index (χ4n) is 3.07. The predicted octanol–water partition coefficient (Wildman–Crippen LogP) is 5.14. The van der Waals surface area contributed by atoms with Crippen molar-refractivity contribution in [2.45, 2.75) is 44.8 Å². The van der Waals surface area contributed by atoms with E-state index in [4.69, 9.17) is 9.73 Å². The number of esters is 1. The molecule has 3 rings (SSSR count). The Morgan fingerprint density at radius 1 is 1.12 bits per heavy atom. The van der Waals surface area contributed by atoms with E-state index in [-0.39, 0.29) is 11.9 Å². The number of carbonyl (C=O) groups is 1. The van der Waals surface area contributed by atoms with Gasteiger partial charge in [0.05, 0.1) is 0 Å². The highest BCUT2D eigenvalue weighted by atomic mass is 79.9. The van der Waals surface area contributed by atoms with Crippen molar-refractivity contribution in [1.82, 2.24) is 0 Å². The summed E-state index contributed by atoms with van der Waals surface area (Å²) in [5, 5.41) is 0. The molecule has 2 aromatic carbocycles. The van der Waals surface area contributed by atoms with Crippen molar-refractivity contribution in [3.8, 4) is 0 Å². The van der Waals surface area contributed by atoms with Crippen molar-refractivity contribution < 1.29 is 9.53 Å². The third-order valence-electron chi connectivity index (χ3n) is 4.12. The molecule has 1 aliphatic heterocycles. The van der Waals surface area contributed by atoms with Crippen molar-refractivity contribution in [3.63, 3.8) is 0 Å². The highest BCUT2D eigenvalue weighted by Crippen LogP contribution is 2.36. The average molecular weight is 400 g/mol. The summed E-state index contributed by atoms with van der Waals surface area (Å²) in [6, 6.07) is 17.6. The van der Waals surface area contributed by atoms with E-state index in [1.54, 1.807) is 0 Å². The lowest BCUT2D eigenvalue weighted by Crippen LogP contribution is -2.32. The number of benzene rings is 2. The average Bonchev–Trinajstić information content (AvgIpc) is 3.00. The van der Waals surface area contributed by atoms with E-state index in [9.17, 15) is 4.79 Å². The molecule has 0 aliphatic carbocycles. The lowest BCUT2D eigenvalue weighted by atomic mass is 9.89. The van der Waals surface area contributed by atoms with Crippen LogP contribution in [-0.4, -0.2) is 23.3 Å². The summed E-state index contributed by atoms with van der Waals surface area (Å²) in [6.07, 6.45) is 0.727. The Hall–Kier alpha value is -1.94. The molecule has 0 aromatic heterocycles. The Labute approximate surface area is 157 Å². The summed E-state index contributed by atoms with van der Waals surface area (Å²) >= 11 is 3.52. The SMILES string of the molecule is CC(C)(C)OC(=O)[C@H]1N=C(c2ccccc2)C[C@@H]1c1cccc(Br)c1. The molecule has 0 amide bonds. The molecule has 2 atom stereocenters. The van der Waals surface area contributed by atoms with Crippen LogP contribution in [0, 0.1) is 0 Å². The zero-order valence-electron chi connectivity index (χ0n) is 14.7. The number of halogens is 1. The smallest absolute Gasteiger partial charge is 0.332 e. The van der Waals surface area contributed by atoms with Crippen LogP contribution in [0.2, 0.25) is 0 Å². The minimum atomic E-state index is -0.524. The van der Waals surface area contributed by atoms with Crippen LogP contribution >= 0.6 is 15.9 Å². The van der Waals surface area contributed by atoms with Crippen LogP contribution in [0.1, 0.15) is 44.2 Å². The number of rotatable bonds is 3. The lowest BCUT2D eigenvalue weighted by Gasteiger charge is -2.24. The molecule has 1 heterocycles. The van der Waals surface area contributed by atoms with E-state index >= 15 is 0 Å². The second kappa shape index (κ2) is 7.12. The first kappa shape index (κ1) is 17.9. The second-order valence-corrected chi connectivity index (χ2v) is 8.20. The Morgan fingerprint density at radius 3 is 2.48 bits per heavy atom. The van der Waals surface area contributed by atoms with E-state index in [1.165, 1.54) is 0 Å². The molecule has 0 spiro atoms. The van der Waals surface area contributed by atoms with E-state index in [2.05, 4.69) is 28.1 Å². The third kappa shape index (κ3) is 4.37. The van der Waals surface area contributed by atoms with Gasteiger partial charge in [-0.3, -0.25) is 4.99 Å². The maximum atomic E-state index is 12.8. The van der Waals surface area contributed by atoms with Crippen LogP contribution < -0.4 is 0 Å². The first-order valence-corrected chi connectivity index (χ1v) is 9.23. The largest absolute Gasteiger partial charge is 0.458 e. The summed E-state index contributed by atoms with van der Waals surface area (Å²) in [5.74, 6) is -0.272. The highest BCUT2D eigenvalue weighted by molar-refractivity contribution is 9.10. The van der Waals surface area contributed by atoms with Crippen LogP contribution in [0.25, 0.3) is 0 Å². The van der Waals surface area contributed by atoms with Crippen LogP contribution in [0.4, 0.5) is 0 Å². The van der Waals surface area contributed by atoms with Gasteiger partial charge < -0.3 is 4.74 Å². The van der Waals surface area contributed by atoms with Crippen molar-refractivity contribution >= 4 is 27.6 Å². The Balaban J connectivity index is 1.95. The minimum Gasteiger partial charge on any atom is -0.458 e. The van der Waals surface area contributed by atoms with Gasteiger partial charge in [-0.2, -0.15) is 0 Å². The van der Waals surface area contributed by atoms with Gasteiger partial charge in [0.1, 0.15) is 5.60 Å². The van der Waals surface area contributed by atoms with Crippen molar-refractivity contribution in [1.29, 1.82) is 0 Å². The summed E-state index contributed by atoms with van der Waals surface area (Å²) in [6.45, 7) is 5.65. The monoisotopic (exact) mass is 399 g/mol. The molecule has 0 unspecified atom stereocenters. The maximum Gasteiger partial charge on any atom is 0.332 e. The van der Waals surface area contributed by atoms with Gasteiger partial charge in [0.25, 0.3) is 0 Å². The Morgan fingerprint density at radius 2 is 1.84 bits per heavy atom. The summed E-state index contributed by atoms with van der Waals surface area (Å²) in [4.78, 5) is 17.5. The zero-order chi connectivity index (χ0) is 18.0. The summed E-state index contributed by atoms with van der Waals surface area (Å²) < 4.78 is 6.63. The van der Waals surface area contributed by atoms with E-state index < -0.39 is 11.6 Å². The van der Waals surface area contributed by atoms with Gasteiger partial charge in [-0.15, -0.1) is 0 Å². The fraction of sp³-hybridized carbons (Fsp3) is 0.333. The first-order valence-electron chi connectivity index (χ1n) is 8.44. The number of aliphatic imine (C=N–C) groups is 1. The standard InChI is InChI=1S/C21H22BrNO2/c1-21(2,3)25-20(24)19-17(15-10-7-11-16(22)12-15)13-18(23-19)14-8-5-4-6-9-14/h4-12,17,19H,13H2,1-3H3/t17-,19+/m1/s1. The Bertz CT molecular complexity index is 793. The van der Waals surface area contributed by atoms with E-state index in [0.717, 1.165) is 27.7 Å². The molecule has 0 saturated heterocycles. The van der Waals surface area contributed by atoms with Crippen LogP contribution in [-0.2, 0) is 9.53 Å². The quantitative estimate of drug-likeness (QED) is 0.670. The molecule has 25 heavy (non-hydrogen) atoms. The summed E-state index contributed by atoms with van der Waals surface area (Å²) in [5.41, 5.74) is 2.60. The number of ether oxygens (including phenoxy) is 1. The second-order valence-electron chi connectivity index (χ2n) is 7.29. The minimum absolute atomic E-state index is 0.0115. The van der Waals surface area contributed by atoms with E-state index in [0.29, 0.717) is 0 Å². The molecular formula is C21H22BrNO2. The molecule has 130 valence electrons.